The summed E-state index contributed by atoms with van der Waals surface area (Å²) in [5.74, 6) is 0. The van der Waals surface area contributed by atoms with Crippen LogP contribution in [-0.2, 0) is 11.3 Å². The van der Waals surface area contributed by atoms with Crippen molar-refractivity contribution in [2.45, 2.75) is 6.61 Å². The third-order valence-corrected chi connectivity index (χ3v) is 2.85. The average molecular weight is 236 g/mol. The Kier molecular flexibility index (Phi) is 3.11. The van der Waals surface area contributed by atoms with Crippen LogP contribution in [0.25, 0.3) is 10.9 Å². The zero-order valence-electron chi connectivity index (χ0n) is 9.97. The predicted octanol–water partition coefficient (Wildman–Crippen LogP) is 3.89. The highest BCUT2D eigenvalue weighted by molar-refractivity contribution is 5.80. The molecule has 0 atom stereocenters. The van der Waals surface area contributed by atoms with Crippen molar-refractivity contribution in [2.75, 3.05) is 0 Å². The second-order valence-electron chi connectivity index (χ2n) is 4.23. The quantitative estimate of drug-likeness (QED) is 0.730. The van der Waals surface area contributed by atoms with Crippen LogP contribution in [0.15, 0.2) is 60.7 Å². The molecule has 1 aromatic heterocycles. The summed E-state index contributed by atoms with van der Waals surface area (Å²) in [7, 11) is 0. The van der Waals surface area contributed by atoms with E-state index < -0.39 is 0 Å². The van der Waals surface area contributed by atoms with Gasteiger partial charge in [0.2, 0.25) is 0 Å². The number of aromatic amines is 1. The second kappa shape index (κ2) is 5.07. The van der Waals surface area contributed by atoms with E-state index in [2.05, 4.69) is 35.3 Å². The van der Waals surface area contributed by atoms with E-state index >= 15 is 0 Å². The molecule has 0 saturated carbocycles. The molecule has 0 fully saturated rings. The van der Waals surface area contributed by atoms with Crippen LogP contribution in [0.4, 0.5) is 0 Å². The van der Waals surface area contributed by atoms with E-state index in [0.29, 0.717) is 6.61 Å². The van der Waals surface area contributed by atoms with Gasteiger partial charge in [-0.2, -0.15) is 0 Å². The molecule has 1 N–H and O–H groups in total. The molecular formula is C16H14NO. The smallest absolute Gasteiger partial charge is 0.129 e. The van der Waals surface area contributed by atoms with Gasteiger partial charge >= 0.3 is 0 Å². The largest absolute Gasteiger partial charge is 0.364 e. The van der Waals surface area contributed by atoms with Gasteiger partial charge in [0.1, 0.15) is 6.61 Å². The highest BCUT2D eigenvalue weighted by Crippen LogP contribution is 2.16. The third kappa shape index (κ3) is 2.44. The van der Waals surface area contributed by atoms with E-state index in [1.165, 1.54) is 10.9 Å². The lowest BCUT2D eigenvalue weighted by molar-refractivity contribution is 0.197. The minimum Gasteiger partial charge on any atom is -0.364 e. The Morgan fingerprint density at radius 3 is 2.56 bits per heavy atom. The molecule has 89 valence electrons. The van der Waals surface area contributed by atoms with Crippen molar-refractivity contribution in [2.24, 2.45) is 0 Å². The summed E-state index contributed by atoms with van der Waals surface area (Å²) < 4.78 is 5.58. The van der Waals surface area contributed by atoms with Gasteiger partial charge in [-0.15, -0.1) is 0 Å². The molecule has 2 heteroatoms. The van der Waals surface area contributed by atoms with Gasteiger partial charge in [0.25, 0.3) is 0 Å². The van der Waals surface area contributed by atoms with Crippen molar-refractivity contribution in [3.63, 3.8) is 0 Å². The number of hydrogen-bond acceptors (Lipinski definition) is 1. The van der Waals surface area contributed by atoms with Crippen molar-refractivity contribution < 1.29 is 4.74 Å². The lowest BCUT2D eigenvalue weighted by atomic mass is 10.2. The normalized spacial score (nSPS) is 10.9. The van der Waals surface area contributed by atoms with Crippen molar-refractivity contribution in [1.29, 1.82) is 0 Å². The van der Waals surface area contributed by atoms with Crippen LogP contribution >= 0.6 is 0 Å². The van der Waals surface area contributed by atoms with Crippen molar-refractivity contribution in [3.05, 3.63) is 78.5 Å². The Bertz CT molecular complexity index is 595. The van der Waals surface area contributed by atoms with Crippen LogP contribution in [0.2, 0.25) is 0 Å². The maximum Gasteiger partial charge on any atom is 0.129 e. The molecule has 18 heavy (non-hydrogen) atoms. The second-order valence-corrected chi connectivity index (χ2v) is 4.23. The van der Waals surface area contributed by atoms with Crippen LogP contribution in [-0.4, -0.2) is 4.98 Å². The van der Waals surface area contributed by atoms with Crippen molar-refractivity contribution in [1.82, 2.24) is 4.98 Å². The van der Waals surface area contributed by atoms with Crippen LogP contribution in [0.1, 0.15) is 11.3 Å². The standard InChI is InChI=1S/C16H14NO/c1-2-6-13(7-3-1)11-18-12-15-10-14-8-4-5-9-16(14)17-15/h1-10,12,17H,11H2. The topological polar surface area (TPSA) is 25.0 Å². The molecule has 1 heterocycles. The zero-order valence-corrected chi connectivity index (χ0v) is 9.97. The molecule has 0 aliphatic carbocycles. The number of ether oxygens (including phenoxy) is 1. The number of H-pyrrole nitrogens is 1. The maximum absolute atomic E-state index is 5.58. The maximum atomic E-state index is 5.58. The Morgan fingerprint density at radius 2 is 1.72 bits per heavy atom. The lowest BCUT2D eigenvalue weighted by Crippen LogP contribution is -1.91. The third-order valence-electron chi connectivity index (χ3n) is 2.85. The Hall–Kier alpha value is -2.06. The van der Waals surface area contributed by atoms with Crippen molar-refractivity contribution >= 4 is 10.9 Å². The number of benzene rings is 2. The molecule has 1 radical (unpaired) electrons. The molecule has 0 aliphatic heterocycles. The van der Waals surface area contributed by atoms with Crippen LogP contribution in [0.3, 0.4) is 0 Å². The number of nitrogens with one attached hydrogen (secondary N) is 1. The molecule has 0 spiro atoms. The van der Waals surface area contributed by atoms with Gasteiger partial charge in [0.05, 0.1) is 6.61 Å². The molecule has 0 unspecified atom stereocenters. The molecular weight excluding hydrogens is 222 g/mol. The van der Waals surface area contributed by atoms with Crippen LogP contribution < -0.4 is 0 Å². The number of hydrogen-bond donors (Lipinski definition) is 1. The molecule has 3 rings (SSSR count). The fourth-order valence-electron chi connectivity index (χ4n) is 1.96. The molecule has 2 aromatic carbocycles. The first-order valence-corrected chi connectivity index (χ1v) is 5.98. The number of aromatic nitrogens is 1. The van der Waals surface area contributed by atoms with Gasteiger partial charge in [0, 0.05) is 11.2 Å². The van der Waals surface area contributed by atoms with Gasteiger partial charge in [-0.05, 0) is 23.1 Å². The molecule has 2 nitrogen and oxygen atoms in total. The lowest BCUT2D eigenvalue weighted by Gasteiger charge is -2.01. The fraction of sp³-hybridized carbons (Fsp3) is 0.0625. The first kappa shape index (κ1) is 11.1. The Morgan fingerprint density at radius 1 is 0.944 bits per heavy atom. The SMILES string of the molecule is [CH](OCc1ccccc1)c1cc2ccccc2[nH]1. The Balaban J connectivity index is 1.63. The predicted molar refractivity (Wildman–Crippen MR) is 72.9 cm³/mol. The number of para-hydroxylation sites is 1. The van der Waals surface area contributed by atoms with E-state index in [9.17, 15) is 0 Å². The summed E-state index contributed by atoms with van der Waals surface area (Å²) in [5.41, 5.74) is 3.30. The van der Waals surface area contributed by atoms with Gasteiger partial charge in [-0.1, -0.05) is 48.5 Å². The van der Waals surface area contributed by atoms with Gasteiger partial charge in [0.15, 0.2) is 0 Å². The minimum atomic E-state index is 0.593. The summed E-state index contributed by atoms with van der Waals surface area (Å²) in [6.45, 7) is 2.36. The molecule has 0 saturated heterocycles. The first-order valence-electron chi connectivity index (χ1n) is 5.98. The van der Waals surface area contributed by atoms with Gasteiger partial charge in [-0.3, -0.25) is 0 Å². The monoisotopic (exact) mass is 236 g/mol. The van der Waals surface area contributed by atoms with Crippen molar-refractivity contribution in [3.8, 4) is 0 Å². The zero-order chi connectivity index (χ0) is 12.2. The number of fused-ring (bicyclic) bond motifs is 1. The minimum absolute atomic E-state index is 0.593. The van der Waals surface area contributed by atoms with E-state index in [0.717, 1.165) is 11.2 Å². The highest BCUT2D eigenvalue weighted by atomic mass is 16.5. The summed E-state index contributed by atoms with van der Waals surface area (Å²) >= 11 is 0. The first-order chi connectivity index (χ1) is 8.92. The number of rotatable bonds is 4. The summed E-state index contributed by atoms with van der Waals surface area (Å²) in [6, 6.07) is 20.4. The average Bonchev–Trinajstić information content (AvgIpc) is 2.82. The van der Waals surface area contributed by atoms with E-state index in [4.69, 9.17) is 4.74 Å². The van der Waals surface area contributed by atoms with E-state index in [1.54, 1.807) is 6.61 Å². The van der Waals surface area contributed by atoms with Gasteiger partial charge in [-0.25, -0.2) is 0 Å². The van der Waals surface area contributed by atoms with Gasteiger partial charge < -0.3 is 9.72 Å². The highest BCUT2D eigenvalue weighted by Gasteiger charge is 2.00. The van der Waals surface area contributed by atoms with Crippen LogP contribution in [0, 0.1) is 6.61 Å². The fourth-order valence-corrected chi connectivity index (χ4v) is 1.96. The Labute approximate surface area is 106 Å². The summed E-state index contributed by atoms with van der Waals surface area (Å²) in [4.78, 5) is 3.30. The molecule has 0 aliphatic rings. The summed E-state index contributed by atoms with van der Waals surface area (Å²) in [5, 5.41) is 1.20. The van der Waals surface area contributed by atoms with E-state index in [1.807, 2.05) is 30.3 Å². The van der Waals surface area contributed by atoms with E-state index in [-0.39, 0.29) is 0 Å². The summed E-state index contributed by atoms with van der Waals surface area (Å²) in [6.07, 6.45) is 0. The molecule has 0 amide bonds. The van der Waals surface area contributed by atoms with Crippen LogP contribution in [0.5, 0.6) is 0 Å². The molecule has 0 bridgehead atoms. The molecule has 3 aromatic rings.